The van der Waals surface area contributed by atoms with Crippen molar-refractivity contribution in [3.8, 4) is 0 Å². The number of halogens is 1. The Bertz CT molecular complexity index is 168. The second-order valence-corrected chi connectivity index (χ2v) is 2.04. The van der Waals surface area contributed by atoms with Crippen LogP contribution < -0.4 is 5.73 Å². The molecule has 0 radical (unpaired) electrons. The molecule has 0 saturated heterocycles. The molecule has 4 nitrogen and oxygen atoms in total. The van der Waals surface area contributed by atoms with E-state index in [1.807, 2.05) is 7.05 Å². The average molecular weight is 164 g/mol. The number of amides is 1. The van der Waals surface area contributed by atoms with Crippen LogP contribution >= 0.6 is 12.4 Å². The second kappa shape index (κ2) is 3.41. The highest BCUT2D eigenvalue weighted by Crippen LogP contribution is 2.01. The van der Waals surface area contributed by atoms with Gasteiger partial charge in [0.25, 0.3) is 5.91 Å². The van der Waals surface area contributed by atoms with Gasteiger partial charge in [0.15, 0.2) is 0 Å². The fourth-order valence-corrected chi connectivity index (χ4v) is 0.746. The first kappa shape index (κ1) is 9.23. The van der Waals surface area contributed by atoms with Crippen molar-refractivity contribution < 1.29 is 4.79 Å². The van der Waals surface area contributed by atoms with Gasteiger partial charge in [0.2, 0.25) is 0 Å². The lowest BCUT2D eigenvalue weighted by Gasteiger charge is -2.00. The molecule has 0 spiro atoms. The Labute approximate surface area is 65.5 Å². The third-order valence-electron chi connectivity index (χ3n) is 1.25. The number of carbonyl (C=O) groups is 1. The van der Waals surface area contributed by atoms with E-state index in [-0.39, 0.29) is 12.4 Å². The molecule has 0 unspecified atom stereocenters. The number of primary amides is 1. The Hall–Kier alpha value is -0.770. The second-order valence-electron chi connectivity index (χ2n) is 2.04. The van der Waals surface area contributed by atoms with Gasteiger partial charge in [0.1, 0.15) is 5.71 Å². The lowest BCUT2D eigenvalue weighted by molar-refractivity contribution is -0.112. The third kappa shape index (κ3) is 1.88. The van der Waals surface area contributed by atoms with Gasteiger partial charge in [-0.25, -0.2) is 0 Å². The van der Waals surface area contributed by atoms with Crippen LogP contribution in [0.4, 0.5) is 0 Å². The predicted molar refractivity (Wildman–Crippen MR) is 41.1 cm³/mol. The first-order chi connectivity index (χ1) is 4.20. The average Bonchev–Trinajstić information content (AvgIpc) is 2.14. The minimum absolute atomic E-state index is 0. The van der Waals surface area contributed by atoms with Gasteiger partial charge in [-0.2, -0.15) is 5.10 Å². The van der Waals surface area contributed by atoms with Gasteiger partial charge in [-0.1, -0.05) is 0 Å². The standard InChI is InChI=1S/C5H9N3O.ClH/c1-8-3-2-4(7-8)5(6)9;/h2-3H2,1H3,(H2,6,9);1H. The molecule has 1 rings (SSSR count). The van der Waals surface area contributed by atoms with Gasteiger partial charge in [-0.3, -0.25) is 9.80 Å². The van der Waals surface area contributed by atoms with E-state index < -0.39 is 5.91 Å². The molecule has 0 saturated carbocycles. The van der Waals surface area contributed by atoms with Crippen LogP contribution in [0, 0.1) is 0 Å². The number of hydrogen-bond acceptors (Lipinski definition) is 3. The van der Waals surface area contributed by atoms with Crippen LogP contribution in [0.1, 0.15) is 6.42 Å². The van der Waals surface area contributed by atoms with Crippen molar-refractivity contribution in [3.05, 3.63) is 0 Å². The summed E-state index contributed by atoms with van der Waals surface area (Å²) in [6.45, 7) is 0.804. The molecule has 58 valence electrons. The van der Waals surface area contributed by atoms with Crippen molar-refractivity contribution in [3.63, 3.8) is 0 Å². The Kier molecular flexibility index (Phi) is 3.15. The zero-order valence-electron chi connectivity index (χ0n) is 5.70. The van der Waals surface area contributed by atoms with E-state index in [0.717, 1.165) is 6.54 Å². The van der Waals surface area contributed by atoms with Gasteiger partial charge >= 0.3 is 0 Å². The van der Waals surface area contributed by atoms with Gasteiger partial charge < -0.3 is 5.73 Å². The number of nitrogens with two attached hydrogens (primary N) is 1. The van der Waals surface area contributed by atoms with Crippen molar-refractivity contribution in [1.29, 1.82) is 0 Å². The number of hydrazone groups is 1. The van der Waals surface area contributed by atoms with Crippen molar-refractivity contribution in [2.45, 2.75) is 6.42 Å². The molecule has 0 bridgehead atoms. The van der Waals surface area contributed by atoms with Crippen LogP contribution in [0.2, 0.25) is 0 Å². The van der Waals surface area contributed by atoms with Crippen molar-refractivity contribution in [2.24, 2.45) is 10.8 Å². The zero-order valence-corrected chi connectivity index (χ0v) is 6.52. The topological polar surface area (TPSA) is 58.7 Å². The molecule has 0 aliphatic carbocycles. The van der Waals surface area contributed by atoms with E-state index in [9.17, 15) is 4.79 Å². The lowest BCUT2D eigenvalue weighted by atomic mass is 10.3. The molecular weight excluding hydrogens is 154 g/mol. The minimum Gasteiger partial charge on any atom is -0.364 e. The van der Waals surface area contributed by atoms with Crippen molar-refractivity contribution >= 4 is 24.0 Å². The van der Waals surface area contributed by atoms with Crippen molar-refractivity contribution in [2.75, 3.05) is 13.6 Å². The van der Waals surface area contributed by atoms with Crippen molar-refractivity contribution in [1.82, 2.24) is 5.01 Å². The predicted octanol–water partition coefficient (Wildman–Crippen LogP) is -0.415. The fourth-order valence-electron chi connectivity index (χ4n) is 0.746. The van der Waals surface area contributed by atoms with Gasteiger partial charge in [-0.05, 0) is 0 Å². The van der Waals surface area contributed by atoms with Gasteiger partial charge in [0, 0.05) is 20.0 Å². The Balaban J connectivity index is 0.000000810. The van der Waals surface area contributed by atoms with Crippen LogP contribution in [0.5, 0.6) is 0 Å². The van der Waals surface area contributed by atoms with E-state index in [4.69, 9.17) is 5.73 Å². The molecule has 1 heterocycles. The Morgan fingerprint density at radius 3 is 2.60 bits per heavy atom. The number of carbonyl (C=O) groups excluding carboxylic acids is 1. The number of hydrogen-bond donors (Lipinski definition) is 1. The van der Waals surface area contributed by atoms with E-state index in [1.54, 1.807) is 5.01 Å². The molecule has 0 fully saturated rings. The maximum absolute atomic E-state index is 10.4. The van der Waals surface area contributed by atoms with Crippen LogP contribution in [0.25, 0.3) is 0 Å². The molecule has 1 amide bonds. The molecule has 1 aliphatic heterocycles. The summed E-state index contributed by atoms with van der Waals surface area (Å²) in [7, 11) is 1.82. The molecule has 0 aromatic rings. The quantitative estimate of drug-likeness (QED) is 0.571. The summed E-state index contributed by atoms with van der Waals surface area (Å²) in [6, 6.07) is 0. The zero-order chi connectivity index (χ0) is 6.85. The summed E-state index contributed by atoms with van der Waals surface area (Å²) in [4.78, 5) is 10.4. The van der Waals surface area contributed by atoms with E-state index >= 15 is 0 Å². The molecule has 10 heavy (non-hydrogen) atoms. The number of rotatable bonds is 1. The summed E-state index contributed by atoms with van der Waals surface area (Å²) in [5, 5.41) is 5.57. The number of nitrogens with zero attached hydrogens (tertiary/aromatic N) is 2. The van der Waals surface area contributed by atoms with E-state index in [1.165, 1.54) is 0 Å². The molecule has 1 aliphatic rings. The summed E-state index contributed by atoms with van der Waals surface area (Å²) in [5.74, 6) is -0.403. The maximum atomic E-state index is 10.4. The summed E-state index contributed by atoms with van der Waals surface area (Å²) in [5.41, 5.74) is 5.45. The normalized spacial score (nSPS) is 16.1. The highest BCUT2D eigenvalue weighted by atomic mass is 35.5. The maximum Gasteiger partial charge on any atom is 0.264 e. The molecule has 0 atom stereocenters. The third-order valence-corrected chi connectivity index (χ3v) is 1.25. The van der Waals surface area contributed by atoms with Crippen LogP contribution in [-0.2, 0) is 4.79 Å². The first-order valence-corrected chi connectivity index (χ1v) is 2.78. The van der Waals surface area contributed by atoms with Crippen LogP contribution in [0.15, 0.2) is 5.10 Å². The van der Waals surface area contributed by atoms with Crippen LogP contribution in [-0.4, -0.2) is 30.2 Å². The SMILES string of the molecule is CN1CCC(C(N)=O)=N1.Cl. The molecule has 5 heteroatoms. The van der Waals surface area contributed by atoms with Gasteiger partial charge in [0.05, 0.1) is 0 Å². The van der Waals surface area contributed by atoms with E-state index in [0.29, 0.717) is 12.1 Å². The Morgan fingerprint density at radius 2 is 2.40 bits per heavy atom. The first-order valence-electron chi connectivity index (χ1n) is 2.78. The summed E-state index contributed by atoms with van der Waals surface area (Å²) in [6.07, 6.45) is 0.686. The Morgan fingerprint density at radius 1 is 1.80 bits per heavy atom. The molecule has 0 aromatic carbocycles. The lowest BCUT2D eigenvalue weighted by Crippen LogP contribution is -2.21. The highest BCUT2D eigenvalue weighted by Gasteiger charge is 2.14. The smallest absolute Gasteiger partial charge is 0.264 e. The molecule has 2 N–H and O–H groups in total. The van der Waals surface area contributed by atoms with Crippen LogP contribution in [0.3, 0.4) is 0 Å². The molecule has 0 aromatic heterocycles. The minimum atomic E-state index is -0.403. The summed E-state index contributed by atoms with van der Waals surface area (Å²) >= 11 is 0. The van der Waals surface area contributed by atoms with E-state index in [2.05, 4.69) is 5.10 Å². The fraction of sp³-hybridized carbons (Fsp3) is 0.600. The summed E-state index contributed by atoms with van der Waals surface area (Å²) < 4.78 is 0. The molecular formula is C5H10ClN3O. The highest BCUT2D eigenvalue weighted by molar-refractivity contribution is 6.38. The largest absolute Gasteiger partial charge is 0.364 e. The monoisotopic (exact) mass is 163 g/mol. The van der Waals surface area contributed by atoms with Gasteiger partial charge in [-0.15, -0.1) is 12.4 Å².